The van der Waals surface area contributed by atoms with Crippen molar-refractivity contribution in [3.63, 3.8) is 0 Å². The van der Waals surface area contributed by atoms with Gasteiger partial charge in [0.15, 0.2) is 5.76 Å². The van der Waals surface area contributed by atoms with E-state index < -0.39 is 11.6 Å². The normalized spacial score (nSPS) is 10.8. The summed E-state index contributed by atoms with van der Waals surface area (Å²) in [5.41, 5.74) is 0.680. The minimum atomic E-state index is -0.725. The second kappa shape index (κ2) is 5.66. The average Bonchev–Trinajstić information content (AvgIpc) is 2.82. The Bertz CT molecular complexity index is 751. The molecule has 5 heteroatoms. The van der Waals surface area contributed by atoms with Crippen LogP contribution < -0.4 is 0 Å². The van der Waals surface area contributed by atoms with Crippen molar-refractivity contribution in [3.8, 4) is 11.3 Å². The highest BCUT2D eigenvalue weighted by atomic mass is 35.5. The first-order valence-corrected chi connectivity index (χ1v) is 6.67. The van der Waals surface area contributed by atoms with Crippen LogP contribution in [0.3, 0.4) is 0 Å². The lowest BCUT2D eigenvalue weighted by Crippen LogP contribution is -1.91. The molecule has 0 spiro atoms. The summed E-state index contributed by atoms with van der Waals surface area (Å²) in [5.74, 6) is -1.08. The third-order valence-electron chi connectivity index (χ3n) is 3.11. The van der Waals surface area contributed by atoms with Crippen molar-refractivity contribution < 1.29 is 13.3 Å². The van der Waals surface area contributed by atoms with Gasteiger partial charge in [-0.1, -0.05) is 53.2 Å². The molecular formula is C16H10ClF2NO. The maximum atomic E-state index is 13.8. The highest BCUT2D eigenvalue weighted by molar-refractivity contribution is 6.33. The molecule has 0 bridgehead atoms. The number of hydrogen-bond acceptors (Lipinski definition) is 2. The predicted octanol–water partition coefficient (Wildman–Crippen LogP) is 4.86. The van der Waals surface area contributed by atoms with Crippen LogP contribution in [0.1, 0.15) is 11.3 Å². The Morgan fingerprint density at radius 1 is 0.952 bits per heavy atom. The third-order valence-corrected chi connectivity index (χ3v) is 3.50. The van der Waals surface area contributed by atoms with Gasteiger partial charge in [0.2, 0.25) is 0 Å². The zero-order valence-electron chi connectivity index (χ0n) is 10.8. The second-order valence-corrected chi connectivity index (χ2v) is 4.91. The Labute approximate surface area is 125 Å². The van der Waals surface area contributed by atoms with E-state index >= 15 is 0 Å². The first-order chi connectivity index (χ1) is 10.2. The first kappa shape index (κ1) is 13.8. The Hall–Kier alpha value is -2.20. The minimum Gasteiger partial charge on any atom is -0.359 e. The lowest BCUT2D eigenvalue weighted by Gasteiger charge is -2.01. The van der Waals surface area contributed by atoms with E-state index in [-0.39, 0.29) is 16.3 Å². The van der Waals surface area contributed by atoms with Crippen LogP contribution in [0.15, 0.2) is 53.1 Å². The van der Waals surface area contributed by atoms with Crippen LogP contribution in [0.4, 0.5) is 8.78 Å². The fourth-order valence-electron chi connectivity index (χ4n) is 2.08. The Balaban J connectivity index is 2.00. The van der Waals surface area contributed by atoms with Crippen molar-refractivity contribution in [1.29, 1.82) is 0 Å². The van der Waals surface area contributed by atoms with Gasteiger partial charge in [-0.25, -0.2) is 8.78 Å². The summed E-state index contributed by atoms with van der Waals surface area (Å²) < 4.78 is 32.7. The van der Waals surface area contributed by atoms with Gasteiger partial charge in [-0.05, 0) is 17.7 Å². The molecule has 0 saturated carbocycles. The number of hydrogen-bond donors (Lipinski definition) is 0. The number of halogens is 3. The Morgan fingerprint density at radius 3 is 2.29 bits per heavy atom. The summed E-state index contributed by atoms with van der Waals surface area (Å²) in [5, 5.41) is 3.84. The van der Waals surface area contributed by atoms with Gasteiger partial charge < -0.3 is 4.52 Å². The van der Waals surface area contributed by atoms with Gasteiger partial charge >= 0.3 is 0 Å². The zero-order valence-corrected chi connectivity index (χ0v) is 11.6. The van der Waals surface area contributed by atoms with Gasteiger partial charge in [-0.2, -0.15) is 0 Å². The van der Waals surface area contributed by atoms with Gasteiger partial charge in [-0.15, -0.1) is 0 Å². The summed E-state index contributed by atoms with van der Waals surface area (Å²) >= 11 is 6.16. The number of aromatic nitrogens is 1. The zero-order chi connectivity index (χ0) is 14.8. The molecule has 2 aromatic carbocycles. The van der Waals surface area contributed by atoms with Crippen molar-refractivity contribution in [1.82, 2.24) is 5.16 Å². The lowest BCUT2D eigenvalue weighted by atomic mass is 10.1. The molecule has 0 N–H and O–H groups in total. The molecule has 3 rings (SSSR count). The van der Waals surface area contributed by atoms with E-state index in [2.05, 4.69) is 5.16 Å². The summed E-state index contributed by atoms with van der Waals surface area (Å²) in [6.07, 6.45) is 0.406. The largest absolute Gasteiger partial charge is 0.359 e. The molecule has 0 fully saturated rings. The highest BCUT2D eigenvalue weighted by Gasteiger charge is 2.21. The van der Waals surface area contributed by atoms with E-state index in [1.807, 2.05) is 30.3 Å². The SMILES string of the molecule is Fc1cccc(F)c1-c1noc(Cc2ccccc2)c1Cl. The molecule has 1 aromatic heterocycles. The quantitative estimate of drug-likeness (QED) is 0.690. The Kier molecular flexibility index (Phi) is 3.71. The van der Waals surface area contributed by atoms with Crippen molar-refractivity contribution in [3.05, 3.63) is 76.5 Å². The smallest absolute Gasteiger partial charge is 0.160 e. The summed E-state index contributed by atoms with van der Waals surface area (Å²) in [6, 6.07) is 13.1. The fraction of sp³-hybridized carbons (Fsp3) is 0.0625. The van der Waals surface area contributed by atoms with Crippen molar-refractivity contribution >= 4 is 11.6 Å². The summed E-state index contributed by atoms with van der Waals surface area (Å²) in [6.45, 7) is 0. The van der Waals surface area contributed by atoms with Crippen molar-refractivity contribution in [2.75, 3.05) is 0 Å². The third kappa shape index (κ3) is 2.67. The monoisotopic (exact) mass is 305 g/mol. The topological polar surface area (TPSA) is 26.0 Å². The maximum absolute atomic E-state index is 13.8. The van der Waals surface area contributed by atoms with Gasteiger partial charge in [0, 0.05) is 6.42 Å². The molecule has 0 radical (unpaired) electrons. The van der Waals surface area contributed by atoms with Crippen LogP contribution in [-0.2, 0) is 6.42 Å². The molecule has 0 saturated heterocycles. The van der Waals surface area contributed by atoms with Crippen LogP contribution in [0.25, 0.3) is 11.3 Å². The minimum absolute atomic E-state index is 0.0156. The molecule has 106 valence electrons. The van der Waals surface area contributed by atoms with Crippen molar-refractivity contribution in [2.24, 2.45) is 0 Å². The number of benzene rings is 2. The van der Waals surface area contributed by atoms with Crippen LogP contribution in [0.2, 0.25) is 5.02 Å². The number of rotatable bonds is 3. The van der Waals surface area contributed by atoms with E-state index in [0.29, 0.717) is 12.2 Å². The van der Waals surface area contributed by atoms with Gasteiger partial charge in [0.25, 0.3) is 0 Å². The maximum Gasteiger partial charge on any atom is 0.160 e. The summed E-state index contributed by atoms with van der Waals surface area (Å²) in [4.78, 5) is 0. The van der Waals surface area contributed by atoms with Crippen LogP contribution in [-0.4, -0.2) is 5.16 Å². The highest BCUT2D eigenvalue weighted by Crippen LogP contribution is 2.34. The summed E-state index contributed by atoms with van der Waals surface area (Å²) in [7, 11) is 0. The standard InChI is InChI=1S/C16H10ClF2NO/c17-15-13(9-10-5-2-1-3-6-10)21-20-16(15)14-11(18)7-4-8-12(14)19/h1-8H,9H2. The van der Waals surface area contributed by atoms with Crippen LogP contribution >= 0.6 is 11.6 Å². The lowest BCUT2D eigenvalue weighted by molar-refractivity contribution is 0.391. The first-order valence-electron chi connectivity index (χ1n) is 6.29. The molecule has 0 aliphatic rings. The van der Waals surface area contributed by atoms with Crippen LogP contribution in [0.5, 0.6) is 0 Å². The van der Waals surface area contributed by atoms with Gasteiger partial charge in [0.1, 0.15) is 22.4 Å². The van der Waals surface area contributed by atoms with Gasteiger partial charge in [-0.3, -0.25) is 0 Å². The molecule has 3 aromatic rings. The molecular weight excluding hydrogens is 296 g/mol. The molecule has 0 amide bonds. The van der Waals surface area contributed by atoms with Crippen LogP contribution in [0, 0.1) is 11.6 Å². The molecule has 0 unspecified atom stereocenters. The van der Waals surface area contributed by atoms with Crippen molar-refractivity contribution in [2.45, 2.75) is 6.42 Å². The molecule has 0 aliphatic heterocycles. The molecule has 0 aliphatic carbocycles. The second-order valence-electron chi connectivity index (χ2n) is 4.53. The van der Waals surface area contributed by atoms with E-state index in [9.17, 15) is 8.78 Å². The average molecular weight is 306 g/mol. The van der Waals surface area contributed by atoms with E-state index in [4.69, 9.17) is 16.1 Å². The molecule has 0 atom stereocenters. The van der Waals surface area contributed by atoms with E-state index in [1.54, 1.807) is 0 Å². The molecule has 2 nitrogen and oxygen atoms in total. The number of nitrogens with zero attached hydrogens (tertiary/aromatic N) is 1. The predicted molar refractivity (Wildman–Crippen MR) is 76.1 cm³/mol. The van der Waals surface area contributed by atoms with E-state index in [0.717, 1.165) is 17.7 Å². The molecule has 21 heavy (non-hydrogen) atoms. The van der Waals surface area contributed by atoms with E-state index in [1.165, 1.54) is 6.07 Å². The fourth-order valence-corrected chi connectivity index (χ4v) is 2.31. The van der Waals surface area contributed by atoms with Gasteiger partial charge in [0.05, 0.1) is 5.56 Å². The Morgan fingerprint density at radius 2 is 1.62 bits per heavy atom. The molecule has 1 heterocycles.